The van der Waals surface area contributed by atoms with Crippen LogP contribution in [-0.4, -0.2) is 18.3 Å². The Morgan fingerprint density at radius 3 is 2.22 bits per heavy atom. The summed E-state index contributed by atoms with van der Waals surface area (Å²) in [5, 5.41) is 0.704. The topological polar surface area (TPSA) is 24.8 Å². The number of fused-ring (bicyclic) bond motifs is 1. The molecule has 1 aliphatic rings. The Morgan fingerprint density at radius 2 is 1.59 bits per heavy atom. The molecule has 0 saturated carbocycles. The summed E-state index contributed by atoms with van der Waals surface area (Å²) in [6.07, 6.45) is 4.15. The van der Waals surface area contributed by atoms with Crippen molar-refractivity contribution in [3.8, 4) is 11.5 Å². The van der Waals surface area contributed by atoms with Crippen LogP contribution in [0.25, 0.3) is 5.57 Å². The zero-order valence-electron chi connectivity index (χ0n) is 19.3. The highest BCUT2D eigenvalue weighted by Gasteiger charge is 2.30. The number of ether oxygens (including phenoxy) is 1. The SMILES string of the molecule is CCN1c2cc(Cl)c(C=Nc3ccc(Oc4ccc(C)cc4)cc3)cc2C(C)=CC1(C)C. The molecular formula is C28H29ClN2O. The molecule has 4 heteroatoms. The van der Waals surface area contributed by atoms with Crippen LogP contribution in [-0.2, 0) is 0 Å². The van der Waals surface area contributed by atoms with Gasteiger partial charge in [0.05, 0.1) is 16.2 Å². The number of benzene rings is 3. The van der Waals surface area contributed by atoms with Gasteiger partial charge in [0.15, 0.2) is 0 Å². The summed E-state index contributed by atoms with van der Waals surface area (Å²) in [5.74, 6) is 1.60. The largest absolute Gasteiger partial charge is 0.457 e. The summed E-state index contributed by atoms with van der Waals surface area (Å²) in [4.78, 5) is 7.02. The fraction of sp³-hybridized carbons (Fsp3) is 0.250. The highest BCUT2D eigenvalue weighted by Crippen LogP contribution is 2.41. The standard InChI is InChI=1S/C28H29ClN2O/c1-6-31-27-16-26(29)21(15-25(27)20(3)17-28(31,4)5)18-30-22-9-13-24(14-10-22)32-23-11-7-19(2)8-12-23/h7-18H,6H2,1-5H3. The Bertz CT molecular complexity index is 1180. The van der Waals surface area contributed by atoms with Gasteiger partial charge in [-0.05, 0) is 88.7 Å². The second-order valence-corrected chi connectivity index (χ2v) is 9.19. The molecule has 3 nitrogen and oxygen atoms in total. The molecule has 3 aromatic rings. The van der Waals surface area contributed by atoms with E-state index in [2.05, 4.69) is 62.7 Å². The molecule has 0 radical (unpaired) electrons. The van der Waals surface area contributed by atoms with Crippen molar-refractivity contribution in [3.05, 3.63) is 88.5 Å². The minimum atomic E-state index is -0.0346. The van der Waals surface area contributed by atoms with Crippen molar-refractivity contribution in [2.24, 2.45) is 4.99 Å². The van der Waals surface area contributed by atoms with Crippen molar-refractivity contribution >= 4 is 34.8 Å². The predicted octanol–water partition coefficient (Wildman–Crippen LogP) is 8.21. The zero-order chi connectivity index (χ0) is 22.9. The van der Waals surface area contributed by atoms with Crippen molar-refractivity contribution < 1.29 is 4.74 Å². The maximum Gasteiger partial charge on any atom is 0.127 e. The van der Waals surface area contributed by atoms with E-state index in [0.29, 0.717) is 5.02 Å². The van der Waals surface area contributed by atoms with Gasteiger partial charge in [0.1, 0.15) is 11.5 Å². The summed E-state index contributed by atoms with van der Waals surface area (Å²) in [6, 6.07) is 20.0. The number of halogens is 1. The van der Waals surface area contributed by atoms with Crippen molar-refractivity contribution in [2.45, 2.75) is 40.2 Å². The van der Waals surface area contributed by atoms with Crippen LogP contribution >= 0.6 is 11.6 Å². The molecule has 0 aromatic heterocycles. The molecule has 0 unspecified atom stereocenters. The molecule has 1 aliphatic heterocycles. The number of hydrogen-bond acceptors (Lipinski definition) is 3. The van der Waals surface area contributed by atoms with Crippen molar-refractivity contribution in [1.82, 2.24) is 0 Å². The van der Waals surface area contributed by atoms with E-state index in [4.69, 9.17) is 16.3 Å². The van der Waals surface area contributed by atoms with Crippen LogP contribution in [0.5, 0.6) is 11.5 Å². The fourth-order valence-electron chi connectivity index (χ4n) is 4.28. The molecule has 0 bridgehead atoms. The first-order valence-electron chi connectivity index (χ1n) is 11.0. The number of hydrogen-bond donors (Lipinski definition) is 0. The highest BCUT2D eigenvalue weighted by molar-refractivity contribution is 6.33. The third kappa shape index (κ3) is 4.58. The van der Waals surface area contributed by atoms with Crippen LogP contribution in [0.15, 0.2) is 71.7 Å². The maximum absolute atomic E-state index is 6.66. The quantitative estimate of drug-likeness (QED) is 0.370. The van der Waals surface area contributed by atoms with Crippen LogP contribution in [0, 0.1) is 6.92 Å². The molecule has 164 valence electrons. The molecule has 0 aliphatic carbocycles. The van der Waals surface area contributed by atoms with Gasteiger partial charge >= 0.3 is 0 Å². The molecule has 0 amide bonds. The smallest absolute Gasteiger partial charge is 0.127 e. The number of allylic oxidation sites excluding steroid dienone is 1. The minimum absolute atomic E-state index is 0.0346. The predicted molar refractivity (Wildman–Crippen MR) is 137 cm³/mol. The van der Waals surface area contributed by atoms with Gasteiger partial charge in [-0.15, -0.1) is 0 Å². The molecule has 0 saturated heterocycles. The van der Waals surface area contributed by atoms with E-state index in [1.165, 1.54) is 22.4 Å². The minimum Gasteiger partial charge on any atom is -0.457 e. The first kappa shape index (κ1) is 22.2. The molecular weight excluding hydrogens is 416 g/mol. The second-order valence-electron chi connectivity index (χ2n) is 8.78. The summed E-state index contributed by atoms with van der Waals surface area (Å²) < 4.78 is 5.90. The molecule has 0 fully saturated rings. The van der Waals surface area contributed by atoms with E-state index in [0.717, 1.165) is 29.3 Å². The van der Waals surface area contributed by atoms with Gasteiger partial charge in [0.2, 0.25) is 0 Å². The van der Waals surface area contributed by atoms with Gasteiger partial charge in [-0.3, -0.25) is 4.99 Å². The molecule has 0 N–H and O–H groups in total. The molecule has 4 rings (SSSR count). The Hall–Kier alpha value is -3.04. The van der Waals surface area contributed by atoms with Gasteiger partial charge in [-0.1, -0.05) is 35.4 Å². The Morgan fingerprint density at radius 1 is 0.969 bits per heavy atom. The summed E-state index contributed by atoms with van der Waals surface area (Å²) >= 11 is 6.66. The van der Waals surface area contributed by atoms with E-state index < -0.39 is 0 Å². The van der Waals surface area contributed by atoms with Crippen molar-refractivity contribution in [2.75, 3.05) is 11.4 Å². The second kappa shape index (κ2) is 8.84. The lowest BCUT2D eigenvalue weighted by Gasteiger charge is -2.43. The van der Waals surface area contributed by atoms with Gasteiger partial charge in [-0.2, -0.15) is 0 Å². The fourth-order valence-corrected chi connectivity index (χ4v) is 4.48. The lowest BCUT2D eigenvalue weighted by Crippen LogP contribution is -2.44. The molecule has 32 heavy (non-hydrogen) atoms. The van der Waals surface area contributed by atoms with Crippen LogP contribution in [0.2, 0.25) is 5.02 Å². The first-order chi connectivity index (χ1) is 15.3. The number of aliphatic imine (C=N–C) groups is 1. The van der Waals surface area contributed by atoms with E-state index in [-0.39, 0.29) is 5.54 Å². The summed E-state index contributed by atoms with van der Waals surface area (Å²) in [7, 11) is 0. The van der Waals surface area contributed by atoms with Crippen LogP contribution in [0.4, 0.5) is 11.4 Å². The zero-order valence-corrected chi connectivity index (χ0v) is 20.1. The van der Waals surface area contributed by atoms with Gasteiger partial charge in [-0.25, -0.2) is 0 Å². The number of anilines is 1. The highest BCUT2D eigenvalue weighted by atomic mass is 35.5. The van der Waals surface area contributed by atoms with Crippen LogP contribution in [0.3, 0.4) is 0 Å². The summed E-state index contributed by atoms with van der Waals surface area (Å²) in [6.45, 7) is 11.8. The van der Waals surface area contributed by atoms with E-state index in [9.17, 15) is 0 Å². The van der Waals surface area contributed by atoms with Crippen molar-refractivity contribution in [3.63, 3.8) is 0 Å². The summed E-state index contributed by atoms with van der Waals surface area (Å²) in [5.41, 5.74) is 6.58. The van der Waals surface area contributed by atoms with Gasteiger partial charge < -0.3 is 9.64 Å². The third-order valence-electron chi connectivity index (χ3n) is 5.86. The lowest BCUT2D eigenvalue weighted by atomic mass is 9.88. The lowest BCUT2D eigenvalue weighted by molar-refractivity contribution is 0.482. The molecule has 1 heterocycles. The van der Waals surface area contributed by atoms with Crippen LogP contribution in [0.1, 0.15) is 44.4 Å². The monoisotopic (exact) mass is 444 g/mol. The molecule has 0 atom stereocenters. The Balaban J connectivity index is 1.55. The Labute approximate surface area is 196 Å². The first-order valence-corrected chi connectivity index (χ1v) is 11.3. The number of nitrogens with zero attached hydrogens (tertiary/aromatic N) is 2. The molecule has 3 aromatic carbocycles. The van der Waals surface area contributed by atoms with E-state index >= 15 is 0 Å². The maximum atomic E-state index is 6.66. The van der Waals surface area contributed by atoms with E-state index in [1.54, 1.807) is 0 Å². The van der Waals surface area contributed by atoms with Crippen LogP contribution < -0.4 is 9.64 Å². The number of aryl methyl sites for hydroxylation is 1. The molecule has 0 spiro atoms. The Kier molecular flexibility index (Phi) is 6.12. The normalized spacial score (nSPS) is 14.9. The van der Waals surface area contributed by atoms with Gasteiger partial charge in [0, 0.05) is 29.6 Å². The van der Waals surface area contributed by atoms with E-state index in [1.807, 2.05) is 54.7 Å². The number of likely N-dealkylation sites (N-methyl/N-ethyl adjacent to an activating group) is 1. The van der Waals surface area contributed by atoms with Crippen molar-refractivity contribution in [1.29, 1.82) is 0 Å². The number of rotatable bonds is 5. The average molecular weight is 445 g/mol. The third-order valence-corrected chi connectivity index (χ3v) is 6.19. The average Bonchev–Trinajstić information content (AvgIpc) is 2.75. The van der Waals surface area contributed by atoms with Gasteiger partial charge in [0.25, 0.3) is 0 Å².